The quantitative estimate of drug-likeness (QED) is 0.830. The summed E-state index contributed by atoms with van der Waals surface area (Å²) in [7, 11) is 3.12. The van der Waals surface area contributed by atoms with Gasteiger partial charge >= 0.3 is 0 Å². The lowest BCUT2D eigenvalue weighted by Crippen LogP contribution is -2.14. The van der Waals surface area contributed by atoms with Gasteiger partial charge in [-0.1, -0.05) is 0 Å². The number of nitrogens with one attached hydrogen (secondary N) is 1. The molecule has 1 amide bonds. The number of carbonyl (C=O) groups excluding carboxylic acids is 1. The van der Waals surface area contributed by atoms with E-state index in [9.17, 15) is 4.79 Å². The molecule has 0 aromatic heterocycles. The Morgan fingerprint density at radius 3 is 2.61 bits per heavy atom. The third kappa shape index (κ3) is 4.81. The lowest BCUT2D eigenvalue weighted by atomic mass is 10.2. The standard InChI is InChI=1S/C12H18N2O3.ClH/c1-16-9-5-6-10(11(8-9)17-2)14-12(15)4-3-7-13;/h5-6,8H,3-4,7,13H2,1-2H3,(H,14,15);1H. The zero-order chi connectivity index (χ0) is 12.7. The van der Waals surface area contributed by atoms with Gasteiger partial charge in [0.1, 0.15) is 11.5 Å². The molecular weight excluding hydrogens is 256 g/mol. The van der Waals surface area contributed by atoms with Crippen LogP contribution in [0.15, 0.2) is 18.2 Å². The van der Waals surface area contributed by atoms with Crippen LogP contribution in [0, 0.1) is 0 Å². The van der Waals surface area contributed by atoms with Gasteiger partial charge in [0.05, 0.1) is 19.9 Å². The number of carbonyl (C=O) groups is 1. The first kappa shape index (κ1) is 16.5. The molecule has 0 aliphatic heterocycles. The van der Waals surface area contributed by atoms with E-state index in [1.807, 2.05) is 0 Å². The fourth-order valence-corrected chi connectivity index (χ4v) is 1.38. The van der Waals surface area contributed by atoms with Crippen molar-refractivity contribution in [1.29, 1.82) is 0 Å². The molecule has 0 radical (unpaired) electrons. The Labute approximate surface area is 113 Å². The second-order valence-electron chi connectivity index (χ2n) is 3.51. The Morgan fingerprint density at radius 1 is 1.33 bits per heavy atom. The average Bonchev–Trinajstić information content (AvgIpc) is 2.36. The molecule has 0 saturated heterocycles. The summed E-state index contributed by atoms with van der Waals surface area (Å²) in [5.41, 5.74) is 5.98. The molecule has 6 heteroatoms. The van der Waals surface area contributed by atoms with Gasteiger partial charge in [0.25, 0.3) is 0 Å². The maximum Gasteiger partial charge on any atom is 0.224 e. The molecule has 0 atom stereocenters. The predicted molar refractivity (Wildman–Crippen MR) is 73.7 cm³/mol. The van der Waals surface area contributed by atoms with Crippen LogP contribution in [0.3, 0.4) is 0 Å². The van der Waals surface area contributed by atoms with Gasteiger partial charge in [-0.05, 0) is 25.1 Å². The Bertz CT molecular complexity index is 386. The molecule has 3 N–H and O–H groups in total. The number of methoxy groups -OCH3 is 2. The summed E-state index contributed by atoms with van der Waals surface area (Å²) in [5.74, 6) is 1.19. The zero-order valence-corrected chi connectivity index (χ0v) is 11.4. The number of benzene rings is 1. The molecule has 0 saturated carbocycles. The van der Waals surface area contributed by atoms with E-state index in [4.69, 9.17) is 15.2 Å². The van der Waals surface area contributed by atoms with Crippen molar-refractivity contribution in [2.45, 2.75) is 12.8 Å². The molecule has 0 unspecified atom stereocenters. The lowest BCUT2D eigenvalue weighted by Gasteiger charge is -2.11. The summed E-state index contributed by atoms with van der Waals surface area (Å²) in [5, 5.41) is 2.77. The van der Waals surface area contributed by atoms with Crippen molar-refractivity contribution in [3.8, 4) is 11.5 Å². The van der Waals surface area contributed by atoms with E-state index >= 15 is 0 Å². The number of halogens is 1. The van der Waals surface area contributed by atoms with Crippen LogP contribution in [0.2, 0.25) is 0 Å². The summed E-state index contributed by atoms with van der Waals surface area (Å²) < 4.78 is 10.2. The van der Waals surface area contributed by atoms with Gasteiger partial charge in [0, 0.05) is 12.5 Å². The number of hydrogen-bond donors (Lipinski definition) is 2. The summed E-state index contributed by atoms with van der Waals surface area (Å²) in [6.45, 7) is 0.507. The molecule has 0 bridgehead atoms. The van der Waals surface area contributed by atoms with E-state index in [0.717, 1.165) is 0 Å². The monoisotopic (exact) mass is 274 g/mol. The van der Waals surface area contributed by atoms with Gasteiger partial charge in [-0.25, -0.2) is 0 Å². The van der Waals surface area contributed by atoms with Crippen LogP contribution in [0.1, 0.15) is 12.8 Å². The highest BCUT2D eigenvalue weighted by Crippen LogP contribution is 2.29. The van der Waals surface area contributed by atoms with Gasteiger partial charge in [0.15, 0.2) is 0 Å². The molecule has 1 aromatic rings. The first-order chi connectivity index (χ1) is 8.21. The van der Waals surface area contributed by atoms with Crippen LogP contribution in [0.5, 0.6) is 11.5 Å². The number of nitrogens with two attached hydrogens (primary N) is 1. The largest absolute Gasteiger partial charge is 0.497 e. The molecule has 0 fully saturated rings. The highest BCUT2D eigenvalue weighted by atomic mass is 35.5. The second-order valence-corrected chi connectivity index (χ2v) is 3.51. The fraction of sp³-hybridized carbons (Fsp3) is 0.417. The van der Waals surface area contributed by atoms with E-state index in [1.54, 1.807) is 32.4 Å². The normalized spacial score (nSPS) is 9.28. The van der Waals surface area contributed by atoms with E-state index < -0.39 is 0 Å². The molecule has 18 heavy (non-hydrogen) atoms. The molecular formula is C12H19ClN2O3. The van der Waals surface area contributed by atoms with Crippen LogP contribution in [-0.2, 0) is 4.79 Å². The second kappa shape index (κ2) is 8.60. The Kier molecular flexibility index (Phi) is 7.91. The van der Waals surface area contributed by atoms with Gasteiger partial charge < -0.3 is 20.5 Å². The summed E-state index contributed by atoms with van der Waals surface area (Å²) in [6, 6.07) is 5.23. The lowest BCUT2D eigenvalue weighted by molar-refractivity contribution is -0.116. The van der Waals surface area contributed by atoms with Crippen LogP contribution >= 0.6 is 12.4 Å². The molecule has 1 rings (SSSR count). The maximum absolute atomic E-state index is 11.5. The van der Waals surface area contributed by atoms with Crippen molar-refractivity contribution in [3.63, 3.8) is 0 Å². The molecule has 5 nitrogen and oxygen atoms in total. The number of hydrogen-bond acceptors (Lipinski definition) is 4. The molecule has 0 aliphatic carbocycles. The number of anilines is 1. The molecule has 0 spiro atoms. The summed E-state index contributed by atoms with van der Waals surface area (Å²) >= 11 is 0. The average molecular weight is 275 g/mol. The van der Waals surface area contributed by atoms with E-state index in [-0.39, 0.29) is 18.3 Å². The van der Waals surface area contributed by atoms with Gasteiger partial charge in [-0.3, -0.25) is 4.79 Å². The van der Waals surface area contributed by atoms with Crippen molar-refractivity contribution in [3.05, 3.63) is 18.2 Å². The van der Waals surface area contributed by atoms with Crippen LogP contribution < -0.4 is 20.5 Å². The highest BCUT2D eigenvalue weighted by Gasteiger charge is 2.08. The third-order valence-electron chi connectivity index (χ3n) is 2.29. The molecule has 102 valence electrons. The van der Waals surface area contributed by atoms with Crippen molar-refractivity contribution in [2.24, 2.45) is 5.73 Å². The van der Waals surface area contributed by atoms with Crippen molar-refractivity contribution in [2.75, 3.05) is 26.1 Å². The van der Waals surface area contributed by atoms with E-state index in [1.165, 1.54) is 0 Å². The van der Waals surface area contributed by atoms with Crippen molar-refractivity contribution >= 4 is 24.0 Å². The Balaban J connectivity index is 0.00000289. The molecule has 1 aromatic carbocycles. The van der Waals surface area contributed by atoms with Gasteiger partial charge in [-0.15, -0.1) is 12.4 Å². The first-order valence-electron chi connectivity index (χ1n) is 5.43. The van der Waals surface area contributed by atoms with Gasteiger partial charge in [0.2, 0.25) is 5.91 Å². The summed E-state index contributed by atoms with van der Waals surface area (Å²) in [4.78, 5) is 11.5. The third-order valence-corrected chi connectivity index (χ3v) is 2.29. The van der Waals surface area contributed by atoms with Crippen LogP contribution in [-0.4, -0.2) is 26.7 Å². The topological polar surface area (TPSA) is 73.6 Å². The van der Waals surface area contributed by atoms with Crippen molar-refractivity contribution < 1.29 is 14.3 Å². The number of ether oxygens (including phenoxy) is 2. The van der Waals surface area contributed by atoms with Crippen LogP contribution in [0.25, 0.3) is 0 Å². The fourth-order valence-electron chi connectivity index (χ4n) is 1.38. The number of rotatable bonds is 6. The van der Waals surface area contributed by atoms with E-state index in [2.05, 4.69) is 5.32 Å². The molecule has 0 heterocycles. The van der Waals surface area contributed by atoms with Crippen molar-refractivity contribution in [1.82, 2.24) is 0 Å². The minimum Gasteiger partial charge on any atom is -0.497 e. The predicted octanol–water partition coefficient (Wildman–Crippen LogP) is 1.80. The van der Waals surface area contributed by atoms with E-state index in [0.29, 0.717) is 36.6 Å². The zero-order valence-electron chi connectivity index (χ0n) is 10.6. The van der Waals surface area contributed by atoms with Gasteiger partial charge in [-0.2, -0.15) is 0 Å². The smallest absolute Gasteiger partial charge is 0.224 e. The number of amides is 1. The molecule has 0 aliphatic rings. The Morgan fingerprint density at radius 2 is 2.06 bits per heavy atom. The Hall–Kier alpha value is -1.46. The SMILES string of the molecule is COc1ccc(NC(=O)CCCN)c(OC)c1.Cl. The maximum atomic E-state index is 11.5. The van der Waals surface area contributed by atoms with Crippen LogP contribution in [0.4, 0.5) is 5.69 Å². The summed E-state index contributed by atoms with van der Waals surface area (Å²) in [6.07, 6.45) is 1.08. The minimum atomic E-state index is -0.0704. The highest BCUT2D eigenvalue weighted by molar-refractivity contribution is 5.92. The minimum absolute atomic E-state index is 0. The first-order valence-corrected chi connectivity index (χ1v) is 5.43.